The van der Waals surface area contributed by atoms with Crippen molar-refractivity contribution in [3.05, 3.63) is 58.0 Å². The van der Waals surface area contributed by atoms with E-state index < -0.39 is 35.0 Å². The van der Waals surface area contributed by atoms with Gasteiger partial charge in [0.15, 0.2) is 0 Å². The Labute approximate surface area is 122 Å². The van der Waals surface area contributed by atoms with Crippen LogP contribution in [0.25, 0.3) is 0 Å². The average Bonchev–Trinajstić information content (AvgIpc) is 2.97. The number of nitrogens with one attached hydrogen (secondary N) is 1. The third-order valence-electron chi connectivity index (χ3n) is 2.91. The summed E-state index contributed by atoms with van der Waals surface area (Å²) in [5, 5.41) is 22.6. The van der Waals surface area contributed by atoms with Gasteiger partial charge in [-0.05, 0) is 24.3 Å². The number of alkyl halides is 3. The van der Waals surface area contributed by atoms with E-state index in [1.54, 1.807) is 12.1 Å². The Morgan fingerprint density at radius 1 is 1.36 bits per heavy atom. The molecule has 0 bridgehead atoms. The van der Waals surface area contributed by atoms with Crippen LogP contribution in [-0.2, 0) is 6.18 Å². The molecule has 0 radical (unpaired) electrons. The summed E-state index contributed by atoms with van der Waals surface area (Å²) >= 11 is 0. The van der Waals surface area contributed by atoms with Crippen LogP contribution < -0.4 is 5.32 Å². The second-order valence-corrected chi connectivity index (χ2v) is 4.38. The minimum Gasteiger partial charge on any atom is -0.467 e. The van der Waals surface area contributed by atoms with Gasteiger partial charge in [0.25, 0.3) is 5.69 Å². The Kier molecular flexibility index (Phi) is 4.36. The highest BCUT2D eigenvalue weighted by Crippen LogP contribution is 2.38. The summed E-state index contributed by atoms with van der Waals surface area (Å²) in [5.74, 6) is 0.328. The number of hydrogen-bond donors (Lipinski definition) is 2. The zero-order valence-electron chi connectivity index (χ0n) is 11.0. The summed E-state index contributed by atoms with van der Waals surface area (Å²) in [6.07, 6.45) is -3.50. The molecule has 0 spiro atoms. The predicted molar refractivity (Wildman–Crippen MR) is 70.3 cm³/mol. The van der Waals surface area contributed by atoms with Gasteiger partial charge in [-0.1, -0.05) is 0 Å². The zero-order chi connectivity index (χ0) is 16.3. The summed E-state index contributed by atoms with van der Waals surface area (Å²) in [4.78, 5) is 9.58. The minimum absolute atomic E-state index is 0.0200. The van der Waals surface area contributed by atoms with E-state index in [-0.39, 0.29) is 5.69 Å². The fraction of sp³-hybridized carbons (Fsp3) is 0.231. The van der Waals surface area contributed by atoms with Crippen molar-refractivity contribution in [2.45, 2.75) is 12.2 Å². The largest absolute Gasteiger partial charge is 0.467 e. The lowest BCUT2D eigenvalue weighted by Gasteiger charge is -2.16. The van der Waals surface area contributed by atoms with Gasteiger partial charge in [0.05, 0.1) is 17.8 Å². The number of anilines is 1. The summed E-state index contributed by atoms with van der Waals surface area (Å²) in [7, 11) is 0. The fourth-order valence-corrected chi connectivity index (χ4v) is 1.91. The number of aliphatic hydroxyl groups is 1. The maximum absolute atomic E-state index is 12.9. The molecule has 1 atom stereocenters. The fourth-order valence-electron chi connectivity index (χ4n) is 1.91. The third-order valence-corrected chi connectivity index (χ3v) is 2.91. The van der Waals surface area contributed by atoms with Crippen LogP contribution in [0.3, 0.4) is 0 Å². The second-order valence-electron chi connectivity index (χ2n) is 4.38. The van der Waals surface area contributed by atoms with E-state index >= 15 is 0 Å². The summed E-state index contributed by atoms with van der Waals surface area (Å²) < 4.78 is 43.7. The monoisotopic (exact) mass is 316 g/mol. The topological polar surface area (TPSA) is 88.5 Å². The molecule has 0 fully saturated rings. The summed E-state index contributed by atoms with van der Waals surface area (Å²) in [6, 6.07) is 4.88. The Morgan fingerprint density at radius 3 is 2.59 bits per heavy atom. The van der Waals surface area contributed by atoms with Gasteiger partial charge in [-0.15, -0.1) is 0 Å². The van der Waals surface area contributed by atoms with Gasteiger partial charge >= 0.3 is 6.18 Å². The number of rotatable bonds is 5. The molecule has 2 rings (SSSR count). The smallest absolute Gasteiger partial charge is 0.423 e. The number of halogens is 3. The first-order chi connectivity index (χ1) is 10.3. The van der Waals surface area contributed by atoms with Crippen molar-refractivity contribution in [1.29, 1.82) is 0 Å². The molecule has 22 heavy (non-hydrogen) atoms. The van der Waals surface area contributed by atoms with Gasteiger partial charge in [-0.25, -0.2) is 0 Å². The first-order valence-corrected chi connectivity index (χ1v) is 6.09. The normalized spacial score (nSPS) is 12.9. The zero-order valence-corrected chi connectivity index (χ0v) is 11.0. The van der Waals surface area contributed by atoms with Crippen molar-refractivity contribution in [1.82, 2.24) is 0 Å². The van der Waals surface area contributed by atoms with Crippen LogP contribution in [0, 0.1) is 10.1 Å². The first kappa shape index (κ1) is 15.8. The molecule has 6 nitrogen and oxygen atoms in total. The number of hydrogen-bond acceptors (Lipinski definition) is 5. The Morgan fingerprint density at radius 2 is 2.09 bits per heavy atom. The van der Waals surface area contributed by atoms with Crippen molar-refractivity contribution in [2.24, 2.45) is 0 Å². The van der Waals surface area contributed by atoms with Crippen LogP contribution in [0.15, 0.2) is 41.0 Å². The quantitative estimate of drug-likeness (QED) is 0.652. The molecule has 0 amide bonds. The lowest BCUT2D eigenvalue weighted by Crippen LogP contribution is -2.15. The molecular formula is C13H11F3N2O4. The molecule has 9 heteroatoms. The highest BCUT2D eigenvalue weighted by molar-refractivity contribution is 5.56. The molecule has 2 N–H and O–H groups in total. The Bertz CT molecular complexity index is 656. The van der Waals surface area contributed by atoms with E-state index in [0.29, 0.717) is 11.8 Å². The van der Waals surface area contributed by atoms with Crippen LogP contribution in [0.2, 0.25) is 0 Å². The van der Waals surface area contributed by atoms with Gasteiger partial charge < -0.3 is 14.8 Å². The molecule has 1 heterocycles. The number of benzene rings is 1. The van der Waals surface area contributed by atoms with Crippen LogP contribution >= 0.6 is 0 Å². The van der Waals surface area contributed by atoms with E-state index in [2.05, 4.69) is 5.32 Å². The molecule has 1 aromatic carbocycles. The number of nitro groups is 1. The highest BCUT2D eigenvalue weighted by atomic mass is 19.4. The van der Waals surface area contributed by atoms with Gasteiger partial charge in [-0.3, -0.25) is 10.1 Å². The standard InChI is InChI=1S/C13H11F3N2O4/c14-13(15,16)9-6-8(3-4-11(9)18(20)21)17-10(7-19)12-2-1-5-22-12/h1-6,10,17,19H,7H2. The number of aliphatic hydroxyl groups excluding tert-OH is 1. The SMILES string of the molecule is O=[N+]([O-])c1ccc(NC(CO)c2ccco2)cc1C(F)(F)F. The maximum Gasteiger partial charge on any atom is 0.423 e. The number of nitro benzene ring substituents is 1. The van der Waals surface area contributed by atoms with Crippen molar-refractivity contribution in [3.8, 4) is 0 Å². The van der Waals surface area contributed by atoms with Crippen LogP contribution in [0.5, 0.6) is 0 Å². The lowest BCUT2D eigenvalue weighted by atomic mass is 10.1. The van der Waals surface area contributed by atoms with Crippen molar-refractivity contribution < 1.29 is 27.6 Å². The van der Waals surface area contributed by atoms with Crippen LogP contribution in [0.1, 0.15) is 17.4 Å². The van der Waals surface area contributed by atoms with Crippen molar-refractivity contribution >= 4 is 11.4 Å². The molecule has 0 aliphatic heterocycles. The first-order valence-electron chi connectivity index (χ1n) is 6.09. The predicted octanol–water partition coefficient (Wildman–Crippen LogP) is 3.35. The summed E-state index contributed by atoms with van der Waals surface area (Å²) in [6.45, 7) is -0.425. The molecule has 118 valence electrons. The maximum atomic E-state index is 12.9. The number of furan rings is 1. The van der Waals surface area contributed by atoms with Crippen molar-refractivity contribution in [3.63, 3.8) is 0 Å². The van der Waals surface area contributed by atoms with E-state index in [1.165, 1.54) is 6.26 Å². The molecule has 0 saturated heterocycles. The summed E-state index contributed by atoms with van der Waals surface area (Å²) in [5.41, 5.74) is -2.41. The van der Waals surface area contributed by atoms with Gasteiger partial charge in [0.1, 0.15) is 17.4 Å². The minimum atomic E-state index is -4.86. The van der Waals surface area contributed by atoms with Crippen LogP contribution in [0.4, 0.5) is 24.5 Å². The second kappa shape index (κ2) is 6.06. The van der Waals surface area contributed by atoms with E-state index in [9.17, 15) is 28.4 Å². The molecule has 1 aromatic heterocycles. The average molecular weight is 316 g/mol. The number of nitrogens with zero attached hydrogens (tertiary/aromatic N) is 1. The van der Waals surface area contributed by atoms with Gasteiger partial charge in [0.2, 0.25) is 0 Å². The van der Waals surface area contributed by atoms with Gasteiger partial charge in [-0.2, -0.15) is 13.2 Å². The molecule has 2 aromatic rings. The van der Waals surface area contributed by atoms with Crippen LogP contribution in [-0.4, -0.2) is 16.6 Å². The molecular weight excluding hydrogens is 305 g/mol. The van der Waals surface area contributed by atoms with E-state index in [0.717, 1.165) is 12.1 Å². The van der Waals surface area contributed by atoms with Crippen molar-refractivity contribution in [2.75, 3.05) is 11.9 Å². The Balaban J connectivity index is 2.34. The third kappa shape index (κ3) is 3.37. The van der Waals surface area contributed by atoms with E-state index in [1.807, 2.05) is 0 Å². The Hall–Kier alpha value is -2.55. The highest BCUT2D eigenvalue weighted by Gasteiger charge is 2.38. The van der Waals surface area contributed by atoms with E-state index in [4.69, 9.17) is 4.42 Å². The van der Waals surface area contributed by atoms with Gasteiger partial charge in [0, 0.05) is 11.8 Å². The molecule has 0 aliphatic carbocycles. The molecule has 0 aliphatic rings. The molecule has 1 unspecified atom stereocenters. The molecule has 0 saturated carbocycles. The lowest BCUT2D eigenvalue weighted by molar-refractivity contribution is -0.388.